The molecule has 1 aliphatic rings. The molecule has 1 fully saturated rings. The molecule has 16 heavy (non-hydrogen) atoms. The highest BCUT2D eigenvalue weighted by Gasteiger charge is 2.16. The van der Waals surface area contributed by atoms with E-state index in [1.807, 2.05) is 20.8 Å². The lowest BCUT2D eigenvalue weighted by atomic mass is 10.1. The van der Waals surface area contributed by atoms with E-state index in [0.29, 0.717) is 12.7 Å². The highest BCUT2D eigenvalue weighted by Crippen LogP contribution is 2.06. The molecule has 3 N–H and O–H groups in total. The number of hydrogen-bond acceptors (Lipinski definition) is 4. The standard InChI is InChI=1S/C11H23N3O2/c1-11(2,3)16-10(15)14-8-13-9-4-6-12-7-5-9/h9,12-13H,4-8H2,1-3H3,(H,14,15). The van der Waals surface area contributed by atoms with Crippen LogP contribution in [0.15, 0.2) is 0 Å². The molecule has 0 aliphatic carbocycles. The minimum absolute atomic E-state index is 0.367. The van der Waals surface area contributed by atoms with E-state index in [1.165, 1.54) is 0 Å². The molecule has 5 heteroatoms. The topological polar surface area (TPSA) is 62.4 Å². The van der Waals surface area contributed by atoms with Gasteiger partial charge >= 0.3 is 6.09 Å². The first kappa shape index (κ1) is 13.3. The van der Waals surface area contributed by atoms with Gasteiger partial charge in [-0.1, -0.05) is 0 Å². The van der Waals surface area contributed by atoms with E-state index in [2.05, 4.69) is 16.0 Å². The van der Waals surface area contributed by atoms with Gasteiger partial charge in [-0.15, -0.1) is 0 Å². The van der Waals surface area contributed by atoms with Gasteiger partial charge in [0.25, 0.3) is 0 Å². The van der Waals surface area contributed by atoms with Crippen molar-refractivity contribution in [1.29, 1.82) is 0 Å². The molecular formula is C11H23N3O2. The second-order valence-electron chi connectivity index (χ2n) is 5.08. The molecule has 1 amide bonds. The first-order valence-corrected chi connectivity index (χ1v) is 5.88. The summed E-state index contributed by atoms with van der Waals surface area (Å²) in [5.74, 6) is 0. The molecule has 1 rings (SSSR count). The Kier molecular flexibility index (Phi) is 5.02. The molecule has 0 atom stereocenters. The van der Waals surface area contributed by atoms with Crippen LogP contribution in [0.4, 0.5) is 4.79 Å². The maximum Gasteiger partial charge on any atom is 0.408 e. The van der Waals surface area contributed by atoms with Gasteiger partial charge < -0.3 is 15.4 Å². The van der Waals surface area contributed by atoms with E-state index in [-0.39, 0.29) is 6.09 Å². The smallest absolute Gasteiger partial charge is 0.408 e. The van der Waals surface area contributed by atoms with Crippen LogP contribution in [0.2, 0.25) is 0 Å². The lowest BCUT2D eigenvalue weighted by molar-refractivity contribution is 0.0521. The van der Waals surface area contributed by atoms with Crippen LogP contribution < -0.4 is 16.0 Å². The molecule has 0 spiro atoms. The quantitative estimate of drug-likeness (QED) is 0.627. The highest BCUT2D eigenvalue weighted by molar-refractivity contribution is 5.67. The summed E-state index contributed by atoms with van der Waals surface area (Å²) in [5.41, 5.74) is -0.432. The maximum absolute atomic E-state index is 11.3. The van der Waals surface area contributed by atoms with Crippen molar-refractivity contribution >= 4 is 6.09 Å². The Morgan fingerprint density at radius 2 is 2.00 bits per heavy atom. The fraction of sp³-hybridized carbons (Fsp3) is 0.909. The molecule has 1 heterocycles. The largest absolute Gasteiger partial charge is 0.444 e. The monoisotopic (exact) mass is 229 g/mol. The van der Waals surface area contributed by atoms with Gasteiger partial charge in [0.1, 0.15) is 5.60 Å². The molecule has 0 aromatic carbocycles. The lowest BCUT2D eigenvalue weighted by Crippen LogP contribution is -2.45. The third kappa shape index (κ3) is 5.92. The van der Waals surface area contributed by atoms with Crippen molar-refractivity contribution in [3.05, 3.63) is 0 Å². The maximum atomic E-state index is 11.3. The Morgan fingerprint density at radius 3 is 2.56 bits per heavy atom. The highest BCUT2D eigenvalue weighted by atomic mass is 16.6. The molecule has 5 nitrogen and oxygen atoms in total. The minimum Gasteiger partial charge on any atom is -0.444 e. The number of amides is 1. The van der Waals surface area contributed by atoms with E-state index in [0.717, 1.165) is 25.9 Å². The zero-order valence-corrected chi connectivity index (χ0v) is 10.4. The number of hydrogen-bond donors (Lipinski definition) is 3. The molecule has 0 radical (unpaired) electrons. The molecular weight excluding hydrogens is 206 g/mol. The fourth-order valence-electron chi connectivity index (χ4n) is 1.61. The van der Waals surface area contributed by atoms with E-state index >= 15 is 0 Å². The third-order valence-corrected chi connectivity index (χ3v) is 2.36. The number of carbonyl (C=O) groups is 1. The molecule has 1 aliphatic heterocycles. The Morgan fingerprint density at radius 1 is 1.38 bits per heavy atom. The van der Waals surface area contributed by atoms with Crippen molar-refractivity contribution in [2.75, 3.05) is 19.8 Å². The van der Waals surface area contributed by atoms with Crippen molar-refractivity contribution < 1.29 is 9.53 Å². The number of piperidine rings is 1. The summed E-state index contributed by atoms with van der Waals surface area (Å²) in [6.07, 6.45) is 1.85. The number of alkyl carbamates (subject to hydrolysis) is 1. The third-order valence-electron chi connectivity index (χ3n) is 2.36. The van der Waals surface area contributed by atoms with Crippen molar-refractivity contribution in [2.24, 2.45) is 0 Å². The second kappa shape index (κ2) is 6.06. The van der Waals surface area contributed by atoms with Gasteiger partial charge in [-0.05, 0) is 46.7 Å². The summed E-state index contributed by atoms with van der Waals surface area (Å²) in [4.78, 5) is 11.3. The fourth-order valence-corrected chi connectivity index (χ4v) is 1.61. The predicted octanol–water partition coefficient (Wildman–Crippen LogP) is 0.810. The van der Waals surface area contributed by atoms with Crippen LogP contribution in [0.25, 0.3) is 0 Å². The molecule has 94 valence electrons. The SMILES string of the molecule is CC(C)(C)OC(=O)NCNC1CCNCC1. The Labute approximate surface area is 97.3 Å². The van der Waals surface area contributed by atoms with Crippen molar-refractivity contribution in [3.8, 4) is 0 Å². The molecule has 0 unspecified atom stereocenters. The molecule has 0 bridgehead atoms. The number of nitrogens with one attached hydrogen (secondary N) is 3. The zero-order valence-electron chi connectivity index (χ0n) is 10.4. The van der Waals surface area contributed by atoms with Crippen LogP contribution in [0.3, 0.4) is 0 Å². The minimum atomic E-state index is -0.432. The van der Waals surface area contributed by atoms with Crippen LogP contribution in [-0.2, 0) is 4.74 Å². The summed E-state index contributed by atoms with van der Waals surface area (Å²) in [5, 5.41) is 9.27. The Balaban J connectivity index is 2.08. The van der Waals surface area contributed by atoms with Gasteiger partial charge in [-0.3, -0.25) is 5.32 Å². The number of ether oxygens (including phenoxy) is 1. The van der Waals surface area contributed by atoms with Gasteiger partial charge in [-0.2, -0.15) is 0 Å². The van der Waals surface area contributed by atoms with Gasteiger partial charge in [-0.25, -0.2) is 4.79 Å². The zero-order chi connectivity index (χ0) is 12.0. The summed E-state index contributed by atoms with van der Waals surface area (Å²) in [6, 6.07) is 0.496. The first-order valence-electron chi connectivity index (χ1n) is 5.88. The van der Waals surface area contributed by atoms with Crippen LogP contribution in [0.1, 0.15) is 33.6 Å². The van der Waals surface area contributed by atoms with Gasteiger partial charge in [0.05, 0.1) is 6.67 Å². The average molecular weight is 229 g/mol. The summed E-state index contributed by atoms with van der Waals surface area (Å²) < 4.78 is 5.12. The van der Waals surface area contributed by atoms with Crippen molar-refractivity contribution in [2.45, 2.75) is 45.3 Å². The van der Waals surface area contributed by atoms with Crippen LogP contribution >= 0.6 is 0 Å². The molecule has 1 saturated heterocycles. The predicted molar refractivity (Wildman–Crippen MR) is 63.3 cm³/mol. The van der Waals surface area contributed by atoms with Crippen LogP contribution in [0, 0.1) is 0 Å². The average Bonchev–Trinajstić information content (AvgIpc) is 2.16. The normalized spacial score (nSPS) is 18.2. The molecule has 0 aromatic rings. The van der Waals surface area contributed by atoms with E-state index < -0.39 is 5.60 Å². The second-order valence-corrected chi connectivity index (χ2v) is 5.08. The number of carbonyl (C=O) groups excluding carboxylic acids is 1. The van der Waals surface area contributed by atoms with Crippen molar-refractivity contribution in [3.63, 3.8) is 0 Å². The van der Waals surface area contributed by atoms with Gasteiger partial charge in [0.15, 0.2) is 0 Å². The Bertz CT molecular complexity index is 220. The molecule has 0 saturated carbocycles. The van der Waals surface area contributed by atoms with Gasteiger partial charge in [0, 0.05) is 6.04 Å². The van der Waals surface area contributed by atoms with Crippen LogP contribution in [0.5, 0.6) is 0 Å². The van der Waals surface area contributed by atoms with E-state index in [4.69, 9.17) is 4.74 Å². The van der Waals surface area contributed by atoms with Crippen molar-refractivity contribution in [1.82, 2.24) is 16.0 Å². The molecule has 0 aromatic heterocycles. The number of rotatable bonds is 3. The summed E-state index contributed by atoms with van der Waals surface area (Å²) >= 11 is 0. The Hall–Kier alpha value is -0.810. The van der Waals surface area contributed by atoms with Gasteiger partial charge in [0.2, 0.25) is 0 Å². The van der Waals surface area contributed by atoms with E-state index in [9.17, 15) is 4.79 Å². The summed E-state index contributed by atoms with van der Waals surface area (Å²) in [7, 11) is 0. The van der Waals surface area contributed by atoms with E-state index in [1.54, 1.807) is 0 Å². The lowest BCUT2D eigenvalue weighted by Gasteiger charge is -2.24. The summed E-state index contributed by atoms with van der Waals surface area (Å²) in [6.45, 7) is 8.13. The van der Waals surface area contributed by atoms with Crippen LogP contribution in [-0.4, -0.2) is 37.5 Å². The first-order chi connectivity index (χ1) is 7.47.